The number of aromatic carboxylic acids is 1. The molecule has 158 valence electrons. The molecule has 0 aliphatic heterocycles. The van der Waals surface area contributed by atoms with Gasteiger partial charge in [0.25, 0.3) is 0 Å². The second kappa shape index (κ2) is 8.05. The van der Waals surface area contributed by atoms with Crippen LogP contribution in [0.2, 0.25) is 0 Å². The van der Waals surface area contributed by atoms with Gasteiger partial charge in [0.15, 0.2) is 0 Å². The highest BCUT2D eigenvalue weighted by molar-refractivity contribution is 8.00. The highest BCUT2D eigenvalue weighted by atomic mass is 32.2. The third-order valence-electron chi connectivity index (χ3n) is 5.37. The first-order valence-corrected chi connectivity index (χ1v) is 11.0. The molecule has 3 aromatic carbocycles. The van der Waals surface area contributed by atoms with Crippen molar-refractivity contribution in [1.82, 2.24) is 15.2 Å². The van der Waals surface area contributed by atoms with Crippen molar-refractivity contribution in [2.24, 2.45) is 0 Å². The Morgan fingerprint density at radius 3 is 2.44 bits per heavy atom. The zero-order valence-electron chi connectivity index (χ0n) is 17.1. The third-order valence-corrected chi connectivity index (χ3v) is 6.59. The van der Waals surface area contributed by atoms with Gasteiger partial charge in [0.1, 0.15) is 11.4 Å². The molecule has 1 aromatic heterocycles. The number of carboxylic acids is 1. The van der Waals surface area contributed by atoms with Gasteiger partial charge in [-0.2, -0.15) is 0 Å². The largest absolute Gasteiger partial charge is 0.478 e. The van der Waals surface area contributed by atoms with Crippen LogP contribution in [0, 0.1) is 0 Å². The lowest BCUT2D eigenvalue weighted by atomic mass is 10.0. The molecule has 7 nitrogen and oxygen atoms in total. The first-order valence-electron chi connectivity index (χ1n) is 10.1. The van der Waals surface area contributed by atoms with Gasteiger partial charge < -0.3 is 10.4 Å². The number of rotatable bonds is 6. The van der Waals surface area contributed by atoms with Crippen molar-refractivity contribution in [3.63, 3.8) is 0 Å². The Balaban J connectivity index is 1.40. The molecule has 32 heavy (non-hydrogen) atoms. The standard InChI is InChI=1S/C24H18N4O3S/c1-2-18(22(29)25-15-9-3-8-14(12-15)23(30)31)32-24-26-20-16-10-4-6-13-7-5-11-17(19(13)16)21(20)27-28-24/h3-12,18H,2H2,1H3,(H,25,29)(H,30,31). The number of fused-ring (bicyclic) bond motifs is 3. The van der Waals surface area contributed by atoms with E-state index in [1.165, 1.54) is 23.9 Å². The van der Waals surface area contributed by atoms with Crippen molar-refractivity contribution in [1.29, 1.82) is 0 Å². The number of nitrogens with one attached hydrogen (secondary N) is 1. The van der Waals surface area contributed by atoms with Gasteiger partial charge >= 0.3 is 5.97 Å². The summed E-state index contributed by atoms with van der Waals surface area (Å²) in [5.41, 5.74) is 4.12. The quantitative estimate of drug-likeness (QED) is 0.361. The lowest BCUT2D eigenvalue weighted by Crippen LogP contribution is -2.25. The molecule has 0 bridgehead atoms. The molecule has 1 atom stereocenters. The van der Waals surface area contributed by atoms with Crippen LogP contribution in [0.4, 0.5) is 5.69 Å². The molecule has 5 rings (SSSR count). The average Bonchev–Trinajstić information content (AvgIpc) is 3.13. The van der Waals surface area contributed by atoms with Gasteiger partial charge in [0.05, 0.1) is 10.8 Å². The van der Waals surface area contributed by atoms with Crippen molar-refractivity contribution >= 4 is 40.1 Å². The predicted octanol–water partition coefficient (Wildman–Crippen LogP) is 4.88. The highest BCUT2D eigenvalue weighted by Gasteiger charge is 2.26. The Hall–Kier alpha value is -3.78. The smallest absolute Gasteiger partial charge is 0.335 e. The van der Waals surface area contributed by atoms with E-state index < -0.39 is 11.2 Å². The van der Waals surface area contributed by atoms with E-state index in [-0.39, 0.29) is 11.5 Å². The molecule has 0 fully saturated rings. The summed E-state index contributed by atoms with van der Waals surface area (Å²) >= 11 is 1.25. The molecule has 1 aliphatic carbocycles. The molecule has 8 heteroatoms. The Kier molecular flexibility index (Phi) is 5.07. The van der Waals surface area contributed by atoms with Crippen LogP contribution in [-0.4, -0.2) is 37.4 Å². The van der Waals surface area contributed by atoms with Gasteiger partial charge in [-0.15, -0.1) is 10.2 Å². The van der Waals surface area contributed by atoms with Gasteiger partial charge in [0.2, 0.25) is 11.1 Å². The number of anilines is 1. The highest BCUT2D eigenvalue weighted by Crippen LogP contribution is 2.45. The molecule has 0 saturated carbocycles. The molecule has 1 heterocycles. The van der Waals surface area contributed by atoms with E-state index in [4.69, 9.17) is 10.1 Å². The van der Waals surface area contributed by atoms with Crippen molar-refractivity contribution in [3.8, 4) is 22.5 Å². The summed E-state index contributed by atoms with van der Waals surface area (Å²) in [5.74, 6) is -1.29. The molecule has 2 N–H and O–H groups in total. The van der Waals surface area contributed by atoms with E-state index in [1.54, 1.807) is 12.1 Å². The molecule has 1 unspecified atom stereocenters. The number of nitrogens with zero attached hydrogens (tertiary/aromatic N) is 3. The first kappa shape index (κ1) is 20.1. The summed E-state index contributed by atoms with van der Waals surface area (Å²) in [4.78, 5) is 28.8. The Bertz CT molecular complexity index is 1380. The summed E-state index contributed by atoms with van der Waals surface area (Å²) < 4.78 is 0. The van der Waals surface area contributed by atoms with Crippen molar-refractivity contribution in [2.75, 3.05) is 5.32 Å². The number of carbonyl (C=O) groups is 2. The zero-order valence-corrected chi connectivity index (χ0v) is 17.9. The van der Waals surface area contributed by atoms with Gasteiger partial charge in [-0.25, -0.2) is 9.78 Å². The minimum Gasteiger partial charge on any atom is -0.478 e. The molecule has 1 aliphatic rings. The van der Waals surface area contributed by atoms with Crippen molar-refractivity contribution in [3.05, 3.63) is 66.2 Å². The number of aromatic nitrogens is 3. The lowest BCUT2D eigenvalue weighted by Gasteiger charge is -2.14. The minimum absolute atomic E-state index is 0.114. The maximum atomic E-state index is 12.8. The third kappa shape index (κ3) is 3.48. The van der Waals surface area contributed by atoms with Crippen LogP contribution in [0.15, 0.2) is 65.8 Å². The molecule has 0 radical (unpaired) electrons. The number of hydrogen-bond acceptors (Lipinski definition) is 6. The van der Waals surface area contributed by atoms with Crippen LogP contribution in [0.1, 0.15) is 23.7 Å². The van der Waals surface area contributed by atoms with Gasteiger partial charge in [-0.3, -0.25) is 4.79 Å². The van der Waals surface area contributed by atoms with Crippen LogP contribution >= 0.6 is 11.8 Å². The number of amides is 1. The molecule has 4 aromatic rings. The van der Waals surface area contributed by atoms with Gasteiger partial charge in [-0.05, 0) is 30.0 Å². The van der Waals surface area contributed by atoms with Crippen molar-refractivity contribution in [2.45, 2.75) is 23.8 Å². The Morgan fingerprint density at radius 1 is 1.00 bits per heavy atom. The maximum absolute atomic E-state index is 12.8. The fourth-order valence-electron chi connectivity index (χ4n) is 3.87. The lowest BCUT2D eigenvalue weighted by molar-refractivity contribution is -0.115. The fourth-order valence-corrected chi connectivity index (χ4v) is 4.69. The van der Waals surface area contributed by atoms with E-state index in [1.807, 2.05) is 31.2 Å². The number of thioether (sulfide) groups is 1. The van der Waals surface area contributed by atoms with Crippen LogP contribution < -0.4 is 5.32 Å². The maximum Gasteiger partial charge on any atom is 0.335 e. The van der Waals surface area contributed by atoms with E-state index in [9.17, 15) is 9.59 Å². The van der Waals surface area contributed by atoms with Crippen molar-refractivity contribution < 1.29 is 14.7 Å². The molecule has 0 spiro atoms. The number of carbonyl (C=O) groups excluding carboxylic acids is 1. The predicted molar refractivity (Wildman–Crippen MR) is 124 cm³/mol. The normalized spacial score (nSPS) is 12.4. The summed E-state index contributed by atoms with van der Waals surface area (Å²) in [6, 6.07) is 18.3. The number of carboxylic acid groups (broad SMARTS) is 1. The second-order valence-electron chi connectivity index (χ2n) is 7.39. The first-order chi connectivity index (χ1) is 15.5. The van der Waals surface area contributed by atoms with E-state index in [0.717, 1.165) is 33.3 Å². The van der Waals surface area contributed by atoms with E-state index in [2.05, 4.69) is 27.6 Å². The fraction of sp³-hybridized carbons (Fsp3) is 0.125. The van der Waals surface area contributed by atoms with E-state index >= 15 is 0 Å². The van der Waals surface area contributed by atoms with Gasteiger partial charge in [0, 0.05) is 22.2 Å². The Labute approximate surface area is 187 Å². The van der Waals surface area contributed by atoms with Crippen LogP contribution in [0.25, 0.3) is 33.3 Å². The van der Waals surface area contributed by atoms with Crippen LogP contribution in [0.3, 0.4) is 0 Å². The summed E-state index contributed by atoms with van der Waals surface area (Å²) in [7, 11) is 0. The monoisotopic (exact) mass is 442 g/mol. The Morgan fingerprint density at radius 2 is 1.72 bits per heavy atom. The van der Waals surface area contributed by atoms with Crippen LogP contribution in [0.5, 0.6) is 0 Å². The summed E-state index contributed by atoms with van der Waals surface area (Å²) in [6.45, 7) is 1.91. The zero-order chi connectivity index (χ0) is 22.2. The molecule has 0 saturated heterocycles. The minimum atomic E-state index is -1.05. The SMILES string of the molecule is CCC(Sc1nnc2c(n1)-c1cccc3cccc-2c13)C(=O)Nc1cccc(C(=O)O)c1. The van der Waals surface area contributed by atoms with Gasteiger partial charge in [-0.1, -0.05) is 61.2 Å². The topological polar surface area (TPSA) is 105 Å². The van der Waals surface area contributed by atoms with Crippen LogP contribution in [-0.2, 0) is 4.79 Å². The molecular formula is C24H18N4O3S. The molecule has 1 amide bonds. The number of benzene rings is 3. The molecular weight excluding hydrogens is 424 g/mol. The average molecular weight is 443 g/mol. The van der Waals surface area contributed by atoms with E-state index in [0.29, 0.717) is 17.3 Å². The summed E-state index contributed by atoms with van der Waals surface area (Å²) in [5, 5.41) is 22.9. The summed E-state index contributed by atoms with van der Waals surface area (Å²) in [6.07, 6.45) is 0.547. The number of hydrogen-bond donors (Lipinski definition) is 2. The second-order valence-corrected chi connectivity index (χ2v) is 8.56.